The van der Waals surface area contributed by atoms with E-state index in [4.69, 9.17) is 4.74 Å². The summed E-state index contributed by atoms with van der Waals surface area (Å²) in [6, 6.07) is 3.94. The summed E-state index contributed by atoms with van der Waals surface area (Å²) in [6.45, 7) is 8.07. The zero-order valence-electron chi connectivity index (χ0n) is 9.79. The zero-order chi connectivity index (χ0) is 11.1. The van der Waals surface area contributed by atoms with Crippen LogP contribution in [0.2, 0.25) is 0 Å². The van der Waals surface area contributed by atoms with Crippen LogP contribution in [0.5, 0.6) is 5.75 Å². The lowest BCUT2D eigenvalue weighted by molar-refractivity contribution is 0.193. The lowest BCUT2D eigenvalue weighted by atomic mass is 10.2. The minimum absolute atomic E-state index is 0.231. The number of aromatic nitrogens is 1. The number of ether oxygens (including phenoxy) is 1. The maximum absolute atomic E-state index is 5.80. The molecule has 0 spiro atoms. The third-order valence-corrected chi connectivity index (χ3v) is 2.26. The van der Waals surface area contributed by atoms with Crippen molar-refractivity contribution < 1.29 is 4.74 Å². The maximum atomic E-state index is 5.80. The van der Waals surface area contributed by atoms with Crippen LogP contribution in [-0.4, -0.2) is 24.2 Å². The van der Waals surface area contributed by atoms with Gasteiger partial charge in [-0.1, -0.05) is 13.8 Å². The first-order chi connectivity index (χ1) is 7.26. The highest BCUT2D eigenvalue weighted by atomic mass is 16.5. The van der Waals surface area contributed by atoms with Gasteiger partial charge in [-0.05, 0) is 32.0 Å². The summed E-state index contributed by atoms with van der Waals surface area (Å²) < 4.78 is 5.80. The Morgan fingerprint density at radius 1 is 1.40 bits per heavy atom. The number of nitrogens with zero attached hydrogens (tertiary/aromatic N) is 1. The molecule has 0 aromatic carbocycles. The number of hydrogen-bond acceptors (Lipinski definition) is 3. The Morgan fingerprint density at radius 3 is 2.73 bits per heavy atom. The zero-order valence-corrected chi connectivity index (χ0v) is 9.79. The molecule has 0 amide bonds. The van der Waals surface area contributed by atoms with E-state index < -0.39 is 0 Å². The third-order valence-electron chi connectivity index (χ3n) is 2.26. The van der Waals surface area contributed by atoms with E-state index in [0.717, 1.165) is 31.0 Å². The van der Waals surface area contributed by atoms with E-state index in [0.29, 0.717) is 0 Å². The van der Waals surface area contributed by atoms with E-state index in [1.807, 2.05) is 19.1 Å². The van der Waals surface area contributed by atoms with Crippen LogP contribution < -0.4 is 10.1 Å². The van der Waals surface area contributed by atoms with Gasteiger partial charge in [-0.3, -0.25) is 4.98 Å². The van der Waals surface area contributed by atoms with E-state index in [9.17, 15) is 0 Å². The summed E-state index contributed by atoms with van der Waals surface area (Å²) >= 11 is 0. The SMILES string of the molecule is CCNCC(CC)Oc1ccc(C)nc1. The van der Waals surface area contributed by atoms with Crippen LogP contribution in [0.4, 0.5) is 0 Å². The normalized spacial score (nSPS) is 12.5. The lowest BCUT2D eigenvalue weighted by Gasteiger charge is -2.17. The number of rotatable bonds is 6. The van der Waals surface area contributed by atoms with E-state index >= 15 is 0 Å². The van der Waals surface area contributed by atoms with E-state index in [-0.39, 0.29) is 6.10 Å². The van der Waals surface area contributed by atoms with Crippen molar-refractivity contribution in [2.45, 2.75) is 33.3 Å². The average Bonchev–Trinajstić information content (AvgIpc) is 2.27. The molecule has 0 saturated heterocycles. The first-order valence-corrected chi connectivity index (χ1v) is 5.56. The van der Waals surface area contributed by atoms with Gasteiger partial charge in [0.05, 0.1) is 6.20 Å². The fourth-order valence-electron chi connectivity index (χ4n) is 1.29. The first kappa shape index (κ1) is 12.0. The van der Waals surface area contributed by atoms with Crippen LogP contribution >= 0.6 is 0 Å². The molecule has 15 heavy (non-hydrogen) atoms. The molecule has 0 saturated carbocycles. The van der Waals surface area contributed by atoms with Crippen molar-refractivity contribution in [1.82, 2.24) is 10.3 Å². The van der Waals surface area contributed by atoms with Crippen molar-refractivity contribution in [2.75, 3.05) is 13.1 Å². The summed E-state index contributed by atoms with van der Waals surface area (Å²) in [7, 11) is 0. The largest absolute Gasteiger partial charge is 0.488 e. The third kappa shape index (κ3) is 4.30. The number of likely N-dealkylation sites (N-methyl/N-ethyl adjacent to an activating group) is 1. The topological polar surface area (TPSA) is 34.1 Å². The van der Waals surface area contributed by atoms with Crippen molar-refractivity contribution in [3.05, 3.63) is 24.0 Å². The standard InChI is InChI=1S/C12H20N2O/c1-4-11(8-13-5-2)15-12-7-6-10(3)14-9-12/h6-7,9,11,13H,4-5,8H2,1-3H3. The predicted octanol–water partition coefficient (Wildman–Crippen LogP) is 2.16. The monoisotopic (exact) mass is 208 g/mol. The Balaban J connectivity index is 2.47. The Morgan fingerprint density at radius 2 is 2.20 bits per heavy atom. The van der Waals surface area contributed by atoms with E-state index in [2.05, 4.69) is 24.1 Å². The molecule has 1 rings (SSSR count). The van der Waals surface area contributed by atoms with Gasteiger partial charge < -0.3 is 10.1 Å². The summed E-state index contributed by atoms with van der Waals surface area (Å²) in [5, 5.41) is 3.29. The summed E-state index contributed by atoms with van der Waals surface area (Å²) in [6.07, 6.45) is 3.01. The van der Waals surface area contributed by atoms with Crippen LogP contribution in [0, 0.1) is 6.92 Å². The Bertz CT molecular complexity index is 271. The molecule has 0 radical (unpaired) electrons. The van der Waals surface area contributed by atoms with Gasteiger partial charge in [-0.25, -0.2) is 0 Å². The molecule has 0 aliphatic carbocycles. The molecule has 0 bridgehead atoms. The molecule has 1 heterocycles. The van der Waals surface area contributed by atoms with Crippen LogP contribution in [-0.2, 0) is 0 Å². The molecule has 1 atom stereocenters. The van der Waals surface area contributed by atoms with Crippen LogP contribution in [0.15, 0.2) is 18.3 Å². The second-order valence-electron chi connectivity index (χ2n) is 3.59. The maximum Gasteiger partial charge on any atom is 0.138 e. The van der Waals surface area contributed by atoms with Crippen LogP contribution in [0.1, 0.15) is 26.0 Å². The minimum atomic E-state index is 0.231. The molecule has 0 aliphatic rings. The van der Waals surface area contributed by atoms with Crippen molar-refractivity contribution in [1.29, 1.82) is 0 Å². The van der Waals surface area contributed by atoms with Gasteiger partial charge in [0.25, 0.3) is 0 Å². The average molecular weight is 208 g/mol. The molecule has 84 valence electrons. The van der Waals surface area contributed by atoms with Crippen molar-refractivity contribution >= 4 is 0 Å². The molecule has 1 aromatic heterocycles. The second-order valence-corrected chi connectivity index (χ2v) is 3.59. The summed E-state index contributed by atoms with van der Waals surface area (Å²) in [5.74, 6) is 0.852. The highest BCUT2D eigenvalue weighted by Gasteiger charge is 2.06. The van der Waals surface area contributed by atoms with Gasteiger partial charge in [-0.15, -0.1) is 0 Å². The molecule has 3 heteroatoms. The number of nitrogens with one attached hydrogen (secondary N) is 1. The molecule has 1 unspecified atom stereocenters. The summed E-state index contributed by atoms with van der Waals surface area (Å²) in [4.78, 5) is 4.20. The molecule has 0 aliphatic heterocycles. The molecule has 0 fully saturated rings. The van der Waals surface area contributed by atoms with Gasteiger partial charge in [-0.2, -0.15) is 0 Å². The Kier molecular flexibility index (Phi) is 5.12. The Labute approximate surface area is 91.9 Å². The highest BCUT2D eigenvalue weighted by Crippen LogP contribution is 2.11. The van der Waals surface area contributed by atoms with Crippen LogP contribution in [0.25, 0.3) is 0 Å². The van der Waals surface area contributed by atoms with Crippen molar-refractivity contribution in [2.24, 2.45) is 0 Å². The Hall–Kier alpha value is -1.09. The first-order valence-electron chi connectivity index (χ1n) is 5.56. The van der Waals surface area contributed by atoms with Gasteiger partial charge in [0.2, 0.25) is 0 Å². The second kappa shape index (κ2) is 6.40. The molecule has 3 nitrogen and oxygen atoms in total. The smallest absolute Gasteiger partial charge is 0.138 e. The number of pyridine rings is 1. The van der Waals surface area contributed by atoms with Crippen molar-refractivity contribution in [3.8, 4) is 5.75 Å². The van der Waals surface area contributed by atoms with Crippen LogP contribution in [0.3, 0.4) is 0 Å². The molecular formula is C12H20N2O. The summed E-state index contributed by atoms with van der Waals surface area (Å²) in [5.41, 5.74) is 1.02. The fourth-order valence-corrected chi connectivity index (χ4v) is 1.29. The number of aryl methyl sites for hydroxylation is 1. The van der Waals surface area contributed by atoms with E-state index in [1.165, 1.54) is 0 Å². The molecule has 1 N–H and O–H groups in total. The highest BCUT2D eigenvalue weighted by molar-refractivity contribution is 5.19. The van der Waals surface area contributed by atoms with Gasteiger partial charge in [0.15, 0.2) is 0 Å². The molecule has 1 aromatic rings. The lowest BCUT2D eigenvalue weighted by Crippen LogP contribution is -2.30. The van der Waals surface area contributed by atoms with Gasteiger partial charge in [0, 0.05) is 12.2 Å². The van der Waals surface area contributed by atoms with Gasteiger partial charge >= 0.3 is 0 Å². The quantitative estimate of drug-likeness (QED) is 0.778. The van der Waals surface area contributed by atoms with E-state index in [1.54, 1.807) is 6.20 Å². The number of hydrogen-bond donors (Lipinski definition) is 1. The minimum Gasteiger partial charge on any atom is -0.488 e. The predicted molar refractivity (Wildman–Crippen MR) is 62.2 cm³/mol. The molecular weight excluding hydrogens is 188 g/mol. The van der Waals surface area contributed by atoms with Crippen molar-refractivity contribution in [3.63, 3.8) is 0 Å². The fraction of sp³-hybridized carbons (Fsp3) is 0.583. The van der Waals surface area contributed by atoms with Gasteiger partial charge in [0.1, 0.15) is 11.9 Å².